The largest absolute Gasteiger partial charge is 2.00 e. The summed E-state index contributed by atoms with van der Waals surface area (Å²) in [5.41, 5.74) is 4.59. The summed E-state index contributed by atoms with van der Waals surface area (Å²) in [5, 5.41) is 0. The number of imidazole rings is 2. The van der Waals surface area contributed by atoms with Crippen LogP contribution in [0.5, 0.6) is 0 Å². The molecule has 0 saturated heterocycles. The Hall–Kier alpha value is -0.666. The topological polar surface area (TPSA) is 35.6 Å². The van der Waals surface area contributed by atoms with Gasteiger partial charge in [-0.3, -0.25) is 0 Å². The number of aromatic nitrogens is 4. The molecular weight excluding hydrogens is 585 g/mol. The first-order valence-electron chi connectivity index (χ1n) is 7.63. The third kappa shape index (κ3) is 5.66. The molecule has 4 aromatic rings. The molecule has 0 radical (unpaired) electrons. The van der Waals surface area contributed by atoms with Crippen LogP contribution >= 0.6 is 0 Å². The van der Waals surface area contributed by atoms with Gasteiger partial charge in [0.2, 0.25) is 48.0 Å². The van der Waals surface area contributed by atoms with E-state index < -0.39 is 0 Å². The van der Waals surface area contributed by atoms with E-state index in [-0.39, 0.29) is 64.4 Å². The molecule has 0 unspecified atom stereocenters. The van der Waals surface area contributed by atoms with Gasteiger partial charge in [-0.05, 0) is 38.1 Å². The molecule has 0 aliphatic heterocycles. The molecule has 0 spiro atoms. The molecule has 25 heavy (non-hydrogen) atoms. The Morgan fingerprint density at radius 3 is 1.40 bits per heavy atom. The van der Waals surface area contributed by atoms with Gasteiger partial charge in [0.1, 0.15) is 0 Å². The monoisotopic (exact) mass is 608 g/mol. The van der Waals surface area contributed by atoms with Gasteiger partial charge in [-0.15, -0.1) is 0 Å². The van der Waals surface area contributed by atoms with E-state index in [0.29, 0.717) is 0 Å². The summed E-state index contributed by atoms with van der Waals surface area (Å²) in [7, 11) is 0. The third-order valence-corrected chi connectivity index (χ3v) is 3.74. The molecule has 7 heteroatoms. The van der Waals surface area contributed by atoms with Crippen molar-refractivity contribution in [3.63, 3.8) is 0 Å². The van der Waals surface area contributed by atoms with E-state index in [9.17, 15) is 0 Å². The van der Waals surface area contributed by atoms with E-state index in [2.05, 4.69) is 45.1 Å². The molecule has 0 aliphatic carbocycles. The van der Waals surface area contributed by atoms with Crippen LogP contribution in [0, 0.1) is 0 Å². The average Bonchev–Trinajstić information content (AvgIpc) is 3.19. The molecule has 2 aromatic carbocycles. The molecule has 2 heterocycles. The number of aryl methyl sites for hydroxylation is 2. The SMILES string of the molecule is CCn1cnc2ccccc21.CCn1cnc2ccccc21.[IH2+].[IH2+].[Ni+2]. The summed E-state index contributed by atoms with van der Waals surface area (Å²) in [4.78, 5) is 8.50. The third-order valence-electron chi connectivity index (χ3n) is 3.74. The van der Waals surface area contributed by atoms with Gasteiger partial charge in [0.25, 0.3) is 0 Å². The van der Waals surface area contributed by atoms with Crippen molar-refractivity contribution < 1.29 is 64.4 Å². The summed E-state index contributed by atoms with van der Waals surface area (Å²) in [6, 6.07) is 16.3. The summed E-state index contributed by atoms with van der Waals surface area (Å²) >= 11 is 0. The molecule has 0 aliphatic rings. The van der Waals surface area contributed by atoms with Crippen molar-refractivity contribution in [3.05, 3.63) is 61.2 Å². The van der Waals surface area contributed by atoms with Gasteiger partial charge in [0.05, 0.1) is 34.7 Å². The standard InChI is InChI=1S/2C9H10N2.2H2I.Ni/c2*1-2-11-7-10-8-5-3-4-6-9(8)11;;;/h2*3-7H,2H2,1H3;2*1H2;/q;;2*+1;+2. The number of para-hydroxylation sites is 4. The van der Waals surface area contributed by atoms with Gasteiger partial charge in [0, 0.05) is 13.1 Å². The normalized spacial score (nSPS) is 9.36. The Bertz CT molecular complexity index is 815. The molecule has 136 valence electrons. The summed E-state index contributed by atoms with van der Waals surface area (Å²) in [5.74, 6) is 0. The van der Waals surface area contributed by atoms with Crippen molar-refractivity contribution in [2.75, 3.05) is 0 Å². The van der Waals surface area contributed by atoms with Gasteiger partial charge < -0.3 is 9.13 Å². The van der Waals surface area contributed by atoms with Crippen LogP contribution in [-0.2, 0) is 29.6 Å². The van der Waals surface area contributed by atoms with Crippen LogP contribution in [0.15, 0.2) is 61.2 Å². The second-order valence-corrected chi connectivity index (χ2v) is 5.04. The van der Waals surface area contributed by atoms with Crippen molar-refractivity contribution >= 4 is 22.1 Å². The van der Waals surface area contributed by atoms with Gasteiger partial charge in [-0.2, -0.15) is 0 Å². The Kier molecular flexibility index (Phi) is 11.5. The molecule has 2 aromatic heterocycles. The fraction of sp³-hybridized carbons (Fsp3) is 0.222. The van der Waals surface area contributed by atoms with Gasteiger partial charge in [-0.1, -0.05) is 24.3 Å². The van der Waals surface area contributed by atoms with Crippen molar-refractivity contribution in [3.8, 4) is 0 Å². The predicted molar refractivity (Wildman–Crippen MR) is 96.4 cm³/mol. The fourth-order valence-corrected chi connectivity index (χ4v) is 2.52. The molecule has 4 rings (SSSR count). The average molecular weight is 609 g/mol. The summed E-state index contributed by atoms with van der Waals surface area (Å²) < 4.78 is 4.27. The minimum atomic E-state index is 0. The maximum atomic E-state index is 4.25. The molecule has 0 N–H and O–H groups in total. The quantitative estimate of drug-likeness (QED) is 0.180. The van der Waals surface area contributed by atoms with Crippen molar-refractivity contribution in [2.45, 2.75) is 26.9 Å². The number of hydrogen-bond donors (Lipinski definition) is 0. The van der Waals surface area contributed by atoms with E-state index in [1.807, 2.05) is 49.1 Å². The maximum Gasteiger partial charge on any atom is 2.00 e. The molecule has 0 saturated carbocycles. The minimum absolute atomic E-state index is 0. The van der Waals surface area contributed by atoms with Crippen LogP contribution in [0.3, 0.4) is 0 Å². The minimum Gasteiger partial charge on any atom is -0.331 e. The van der Waals surface area contributed by atoms with Crippen LogP contribution < -0.4 is 48.0 Å². The number of benzene rings is 2. The number of rotatable bonds is 2. The second-order valence-electron chi connectivity index (χ2n) is 5.04. The van der Waals surface area contributed by atoms with Crippen LogP contribution in [-0.4, -0.2) is 19.1 Å². The number of fused-ring (bicyclic) bond motifs is 2. The van der Waals surface area contributed by atoms with E-state index in [1.54, 1.807) is 0 Å². The van der Waals surface area contributed by atoms with Gasteiger partial charge >= 0.3 is 16.5 Å². The Morgan fingerprint density at radius 1 is 0.680 bits per heavy atom. The van der Waals surface area contributed by atoms with Crippen LogP contribution in [0.25, 0.3) is 22.1 Å². The van der Waals surface area contributed by atoms with E-state index >= 15 is 0 Å². The fourth-order valence-electron chi connectivity index (χ4n) is 2.52. The Balaban J connectivity index is 0.000000411. The van der Waals surface area contributed by atoms with Crippen molar-refractivity contribution in [2.24, 2.45) is 0 Å². The molecule has 0 bridgehead atoms. The van der Waals surface area contributed by atoms with Gasteiger partial charge in [0.15, 0.2) is 0 Å². The first kappa shape index (κ1) is 24.3. The zero-order valence-corrected chi connectivity index (χ0v) is 20.3. The van der Waals surface area contributed by atoms with Crippen LogP contribution in [0.2, 0.25) is 0 Å². The van der Waals surface area contributed by atoms with Crippen LogP contribution in [0.1, 0.15) is 13.8 Å². The van der Waals surface area contributed by atoms with Crippen LogP contribution in [0.4, 0.5) is 0 Å². The number of hydrogen-bond acceptors (Lipinski definition) is 2. The molecular formula is C18H24I2N4Ni+4. The zero-order chi connectivity index (χ0) is 15.4. The first-order chi connectivity index (χ1) is 10.8. The first-order valence-corrected chi connectivity index (χ1v) is 7.63. The van der Waals surface area contributed by atoms with E-state index in [1.165, 1.54) is 11.0 Å². The number of halogens is 2. The second kappa shape index (κ2) is 11.9. The number of nitrogens with zero attached hydrogens (tertiary/aromatic N) is 4. The Morgan fingerprint density at radius 2 is 1.04 bits per heavy atom. The van der Waals surface area contributed by atoms with Crippen molar-refractivity contribution in [1.29, 1.82) is 0 Å². The van der Waals surface area contributed by atoms with Gasteiger partial charge in [-0.25, -0.2) is 9.97 Å². The summed E-state index contributed by atoms with van der Waals surface area (Å²) in [6.45, 7) is 6.21. The predicted octanol–water partition coefficient (Wildman–Crippen LogP) is -2.95. The van der Waals surface area contributed by atoms with E-state index in [0.717, 1.165) is 24.1 Å². The molecule has 4 nitrogen and oxygen atoms in total. The maximum absolute atomic E-state index is 4.25. The molecule has 0 fully saturated rings. The summed E-state index contributed by atoms with van der Waals surface area (Å²) in [6.07, 6.45) is 3.76. The smallest absolute Gasteiger partial charge is 0.331 e. The van der Waals surface area contributed by atoms with E-state index in [4.69, 9.17) is 0 Å². The molecule has 0 amide bonds. The van der Waals surface area contributed by atoms with Crippen molar-refractivity contribution in [1.82, 2.24) is 19.1 Å². The zero-order valence-electron chi connectivity index (χ0n) is 14.2. The molecule has 0 atom stereocenters. The Labute approximate surface area is 192 Å².